The second kappa shape index (κ2) is 10.1. The summed E-state index contributed by atoms with van der Waals surface area (Å²) in [6, 6.07) is 6.88. The molecule has 0 unspecified atom stereocenters. The predicted molar refractivity (Wildman–Crippen MR) is 143 cm³/mol. The van der Waals surface area contributed by atoms with E-state index in [0.717, 1.165) is 26.8 Å². The molecule has 1 aromatic carbocycles. The zero-order valence-electron chi connectivity index (χ0n) is 21.0. The molecule has 2 N–H and O–H groups in total. The number of aromatic nitrogens is 2. The Morgan fingerprint density at radius 1 is 1.11 bits per heavy atom. The smallest absolute Gasteiger partial charge is 0.265 e. The topological polar surface area (TPSA) is 93.2 Å². The Balaban J connectivity index is 1.64. The Bertz CT molecular complexity index is 1300. The maximum absolute atomic E-state index is 13.3. The fraction of sp³-hybridized carbons (Fsp3) is 0.462. The summed E-state index contributed by atoms with van der Waals surface area (Å²) in [5.74, 6) is 0.899. The van der Waals surface area contributed by atoms with Crippen molar-refractivity contribution in [1.29, 1.82) is 0 Å². The Morgan fingerprint density at radius 2 is 1.86 bits per heavy atom. The van der Waals surface area contributed by atoms with Gasteiger partial charge in [0.1, 0.15) is 10.6 Å². The van der Waals surface area contributed by atoms with E-state index in [1.807, 2.05) is 19.9 Å². The van der Waals surface area contributed by atoms with E-state index < -0.39 is 10.0 Å². The number of nitrogens with one attached hydrogen (secondary N) is 2. The van der Waals surface area contributed by atoms with Crippen molar-refractivity contribution in [3.8, 4) is 16.2 Å². The fourth-order valence-electron chi connectivity index (χ4n) is 4.74. The molecule has 7 nitrogen and oxygen atoms in total. The van der Waals surface area contributed by atoms with Crippen LogP contribution in [-0.4, -0.2) is 31.0 Å². The molecule has 0 atom stereocenters. The zero-order valence-corrected chi connectivity index (χ0v) is 22.6. The van der Waals surface area contributed by atoms with Gasteiger partial charge in [0.15, 0.2) is 5.13 Å². The van der Waals surface area contributed by atoms with Crippen LogP contribution in [0, 0.1) is 19.8 Å². The molecule has 1 fully saturated rings. The van der Waals surface area contributed by atoms with Crippen LogP contribution >= 0.6 is 11.3 Å². The minimum Gasteiger partial charge on any atom is -0.495 e. The number of pyridine rings is 1. The molecule has 0 amide bonds. The lowest BCUT2D eigenvalue weighted by molar-refractivity contribution is 0.258. The Kier molecular flexibility index (Phi) is 7.38. The van der Waals surface area contributed by atoms with Crippen molar-refractivity contribution >= 4 is 32.2 Å². The third kappa shape index (κ3) is 5.62. The molecule has 0 radical (unpaired) electrons. The number of nitrogens with zero attached hydrogens (tertiary/aromatic N) is 2. The number of methoxy groups -OCH3 is 1. The molecule has 0 saturated heterocycles. The van der Waals surface area contributed by atoms with E-state index in [4.69, 9.17) is 9.72 Å². The van der Waals surface area contributed by atoms with Crippen molar-refractivity contribution in [2.24, 2.45) is 5.92 Å². The van der Waals surface area contributed by atoms with Gasteiger partial charge < -0.3 is 10.1 Å². The molecule has 4 rings (SSSR count). The van der Waals surface area contributed by atoms with Crippen molar-refractivity contribution < 1.29 is 13.2 Å². The lowest BCUT2D eigenvalue weighted by atomic mass is 9.77. The van der Waals surface area contributed by atoms with Crippen LogP contribution in [-0.2, 0) is 10.0 Å². The summed E-state index contributed by atoms with van der Waals surface area (Å²) in [6.45, 7) is 8.28. The quantitative estimate of drug-likeness (QED) is 0.361. The van der Waals surface area contributed by atoms with Gasteiger partial charge in [-0.3, -0.25) is 9.71 Å². The summed E-state index contributed by atoms with van der Waals surface area (Å²) in [4.78, 5) is 9.83. The van der Waals surface area contributed by atoms with Gasteiger partial charge in [-0.25, -0.2) is 13.4 Å². The van der Waals surface area contributed by atoms with Gasteiger partial charge in [-0.1, -0.05) is 30.6 Å². The SMILES string of the molecule is COc1ccc(-c2sc(NC(C)(C)C3CCCCC3)nc2C)cc1S(=O)(=O)Nc1ccncc1C. The molecule has 2 aromatic heterocycles. The fourth-order valence-corrected chi connectivity index (χ4v) is 7.19. The van der Waals surface area contributed by atoms with Gasteiger partial charge in [0.05, 0.1) is 23.4 Å². The minimum atomic E-state index is -3.89. The average molecular weight is 515 g/mol. The van der Waals surface area contributed by atoms with E-state index in [2.05, 4.69) is 28.9 Å². The molecular weight excluding hydrogens is 480 g/mol. The summed E-state index contributed by atoms with van der Waals surface area (Å²) in [7, 11) is -2.42. The normalized spacial score (nSPS) is 15.1. The molecular formula is C26H34N4O3S2. The molecule has 1 aliphatic carbocycles. The molecule has 188 valence electrons. The van der Waals surface area contributed by atoms with Gasteiger partial charge >= 0.3 is 0 Å². The molecule has 1 saturated carbocycles. The third-order valence-electron chi connectivity index (χ3n) is 6.83. The maximum atomic E-state index is 13.3. The summed E-state index contributed by atoms with van der Waals surface area (Å²) < 4.78 is 34.7. The maximum Gasteiger partial charge on any atom is 0.265 e. The molecule has 9 heteroatoms. The number of hydrogen-bond acceptors (Lipinski definition) is 7. The van der Waals surface area contributed by atoms with Crippen LogP contribution in [0.25, 0.3) is 10.4 Å². The molecule has 0 aliphatic heterocycles. The molecule has 3 aromatic rings. The number of aryl methyl sites for hydroxylation is 2. The summed E-state index contributed by atoms with van der Waals surface area (Å²) in [6.07, 6.45) is 9.55. The number of anilines is 2. The largest absolute Gasteiger partial charge is 0.495 e. The summed E-state index contributed by atoms with van der Waals surface area (Å²) >= 11 is 1.56. The molecule has 0 bridgehead atoms. The van der Waals surface area contributed by atoms with Gasteiger partial charge in [0, 0.05) is 17.9 Å². The van der Waals surface area contributed by atoms with Gasteiger partial charge in [0.2, 0.25) is 0 Å². The van der Waals surface area contributed by atoms with Gasteiger partial charge in [-0.05, 0) is 81.8 Å². The highest BCUT2D eigenvalue weighted by Crippen LogP contribution is 2.40. The standard InChI is InChI=1S/C26H34N4O3S2/c1-17-16-27-14-13-21(17)30-35(31,32)23-15-19(11-12-22(23)33-5)24-18(2)28-25(34-24)29-26(3,4)20-9-7-6-8-10-20/h11-16,20H,6-10H2,1-5H3,(H,27,30)(H,28,29). The lowest BCUT2D eigenvalue weighted by Crippen LogP contribution is -2.40. The van der Waals surface area contributed by atoms with Crippen molar-refractivity contribution in [2.45, 2.75) is 70.2 Å². The van der Waals surface area contributed by atoms with Crippen LogP contribution < -0.4 is 14.8 Å². The first-order valence-electron chi connectivity index (χ1n) is 12.0. The van der Waals surface area contributed by atoms with Crippen LogP contribution in [0.15, 0.2) is 41.6 Å². The molecule has 2 heterocycles. The zero-order chi connectivity index (χ0) is 25.2. The van der Waals surface area contributed by atoms with Gasteiger partial charge in [-0.2, -0.15) is 0 Å². The summed E-state index contributed by atoms with van der Waals surface area (Å²) in [5, 5.41) is 4.53. The second-order valence-electron chi connectivity index (χ2n) is 9.78. The van der Waals surface area contributed by atoms with E-state index >= 15 is 0 Å². The van der Waals surface area contributed by atoms with Crippen LogP contribution in [0.1, 0.15) is 57.2 Å². The van der Waals surface area contributed by atoms with Crippen molar-refractivity contribution in [1.82, 2.24) is 9.97 Å². The first-order valence-corrected chi connectivity index (χ1v) is 14.3. The van der Waals surface area contributed by atoms with Crippen molar-refractivity contribution in [3.05, 3.63) is 47.9 Å². The predicted octanol–water partition coefficient (Wildman–Crippen LogP) is 6.40. The highest BCUT2D eigenvalue weighted by molar-refractivity contribution is 7.92. The highest BCUT2D eigenvalue weighted by atomic mass is 32.2. The molecule has 1 aliphatic rings. The van der Waals surface area contributed by atoms with Crippen LogP contribution in [0.4, 0.5) is 10.8 Å². The van der Waals surface area contributed by atoms with Crippen LogP contribution in [0.2, 0.25) is 0 Å². The number of thiazole rings is 1. The Hall–Kier alpha value is -2.65. The number of hydrogen-bond donors (Lipinski definition) is 2. The van der Waals surface area contributed by atoms with E-state index in [-0.39, 0.29) is 16.2 Å². The molecule has 0 spiro atoms. The van der Waals surface area contributed by atoms with Gasteiger partial charge in [-0.15, -0.1) is 0 Å². The van der Waals surface area contributed by atoms with Gasteiger partial charge in [0.25, 0.3) is 10.0 Å². The van der Waals surface area contributed by atoms with Crippen LogP contribution in [0.3, 0.4) is 0 Å². The first kappa shape index (κ1) is 25.4. The number of benzene rings is 1. The number of rotatable bonds is 8. The number of ether oxygens (including phenoxy) is 1. The monoisotopic (exact) mass is 514 g/mol. The number of sulfonamides is 1. The van der Waals surface area contributed by atoms with E-state index in [9.17, 15) is 8.42 Å². The first-order chi connectivity index (χ1) is 16.6. The van der Waals surface area contributed by atoms with Crippen LogP contribution in [0.5, 0.6) is 5.75 Å². The minimum absolute atomic E-state index is 0.0529. The van der Waals surface area contributed by atoms with E-state index in [1.165, 1.54) is 39.2 Å². The lowest BCUT2D eigenvalue weighted by Gasteiger charge is -2.37. The van der Waals surface area contributed by atoms with Crippen molar-refractivity contribution in [2.75, 3.05) is 17.1 Å². The Morgan fingerprint density at radius 3 is 2.54 bits per heavy atom. The van der Waals surface area contributed by atoms with E-state index in [1.54, 1.807) is 41.9 Å². The Labute approximate surface area is 212 Å². The second-order valence-corrected chi connectivity index (χ2v) is 12.4. The van der Waals surface area contributed by atoms with E-state index in [0.29, 0.717) is 11.6 Å². The van der Waals surface area contributed by atoms with Crippen molar-refractivity contribution in [3.63, 3.8) is 0 Å². The summed E-state index contributed by atoms with van der Waals surface area (Å²) in [5.41, 5.74) is 2.82. The average Bonchev–Trinajstić information content (AvgIpc) is 3.19. The third-order valence-corrected chi connectivity index (χ3v) is 9.34. The highest BCUT2D eigenvalue weighted by Gasteiger charge is 2.31. The molecule has 35 heavy (non-hydrogen) atoms.